The third kappa shape index (κ3) is 9.60. The molecule has 34 heavy (non-hydrogen) atoms. The molecule has 0 radical (unpaired) electrons. The van der Waals surface area contributed by atoms with Crippen molar-refractivity contribution in [1.82, 2.24) is 15.0 Å². The zero-order valence-corrected chi connectivity index (χ0v) is 23.0. The van der Waals surface area contributed by atoms with Gasteiger partial charge in [-0.1, -0.05) is 25.1 Å². The maximum absolute atomic E-state index is 12.2. The quantitative estimate of drug-likeness (QED) is 0.438. The molecule has 10 heteroatoms. The molecule has 1 atom stereocenters. The molecule has 2 aromatic rings. The predicted molar refractivity (Wildman–Crippen MR) is 142 cm³/mol. The van der Waals surface area contributed by atoms with Gasteiger partial charge in [0.05, 0.1) is 18.3 Å². The van der Waals surface area contributed by atoms with E-state index in [9.17, 15) is 4.79 Å². The number of aryl methyl sites for hydroxylation is 2. The first-order valence-electron chi connectivity index (χ1n) is 11.4. The van der Waals surface area contributed by atoms with E-state index in [0.717, 1.165) is 29.8 Å². The van der Waals surface area contributed by atoms with Gasteiger partial charge in [0.15, 0.2) is 0 Å². The lowest BCUT2D eigenvalue weighted by Gasteiger charge is -2.31. The first kappa shape index (κ1) is 29.9. The lowest BCUT2D eigenvalue weighted by Crippen LogP contribution is -2.43. The zero-order valence-electron chi connectivity index (χ0n) is 21.5. The Morgan fingerprint density at radius 1 is 1.18 bits per heavy atom. The van der Waals surface area contributed by atoms with E-state index in [0.29, 0.717) is 18.5 Å². The summed E-state index contributed by atoms with van der Waals surface area (Å²) in [7, 11) is 1.64. The number of ether oxygens (including phenoxy) is 1. The summed E-state index contributed by atoms with van der Waals surface area (Å²) in [6.45, 7) is 15.3. The molecule has 0 saturated heterocycles. The smallest absolute Gasteiger partial charge is 0.242 e. The SMILES string of the molecule is CCNc1nc(Cl)nc(NC(C)(C)C)n1.CCc1cccc(C)c1N(C(=O)CCl)C(C)COC. The summed E-state index contributed by atoms with van der Waals surface area (Å²) >= 11 is 11.5. The molecule has 2 N–H and O–H groups in total. The van der Waals surface area contributed by atoms with Crippen LogP contribution in [0.5, 0.6) is 0 Å². The first-order valence-corrected chi connectivity index (χ1v) is 12.3. The van der Waals surface area contributed by atoms with Gasteiger partial charge in [-0.2, -0.15) is 15.0 Å². The molecule has 0 aliphatic carbocycles. The van der Waals surface area contributed by atoms with Crippen molar-refractivity contribution in [3.63, 3.8) is 0 Å². The lowest BCUT2D eigenvalue weighted by atomic mass is 10.0. The minimum Gasteiger partial charge on any atom is -0.383 e. The van der Waals surface area contributed by atoms with Crippen LogP contribution in [0, 0.1) is 6.92 Å². The third-order valence-electron chi connectivity index (χ3n) is 4.60. The maximum Gasteiger partial charge on any atom is 0.242 e. The minimum atomic E-state index is -0.103. The van der Waals surface area contributed by atoms with Crippen LogP contribution < -0.4 is 15.5 Å². The number of alkyl halides is 1. The summed E-state index contributed by atoms with van der Waals surface area (Å²) in [5.74, 6) is 0.865. The normalized spacial score (nSPS) is 11.8. The number of rotatable bonds is 9. The number of para-hydroxylation sites is 1. The highest BCUT2D eigenvalue weighted by Crippen LogP contribution is 2.28. The summed E-state index contributed by atoms with van der Waals surface area (Å²) in [4.78, 5) is 26.1. The number of methoxy groups -OCH3 is 1. The Morgan fingerprint density at radius 2 is 1.82 bits per heavy atom. The van der Waals surface area contributed by atoms with Crippen molar-refractivity contribution in [2.75, 3.05) is 41.7 Å². The molecule has 8 nitrogen and oxygen atoms in total. The van der Waals surface area contributed by atoms with Gasteiger partial charge < -0.3 is 20.3 Å². The maximum atomic E-state index is 12.2. The van der Waals surface area contributed by atoms with E-state index < -0.39 is 0 Å². The Labute approximate surface area is 213 Å². The molecule has 1 aromatic heterocycles. The summed E-state index contributed by atoms with van der Waals surface area (Å²) in [5, 5.41) is 6.31. The number of amides is 1. The zero-order chi connectivity index (χ0) is 25.9. The molecule has 1 heterocycles. The largest absolute Gasteiger partial charge is 0.383 e. The van der Waals surface area contributed by atoms with Crippen LogP contribution in [0.25, 0.3) is 0 Å². The van der Waals surface area contributed by atoms with Crippen LogP contribution >= 0.6 is 23.2 Å². The molecule has 0 saturated carbocycles. The van der Waals surface area contributed by atoms with Crippen LogP contribution in [0.2, 0.25) is 5.28 Å². The molecule has 1 aromatic carbocycles. The fraction of sp³-hybridized carbons (Fsp3) is 0.583. The van der Waals surface area contributed by atoms with Crippen molar-refractivity contribution in [1.29, 1.82) is 0 Å². The highest BCUT2D eigenvalue weighted by molar-refractivity contribution is 6.29. The third-order valence-corrected chi connectivity index (χ3v) is 5.00. The van der Waals surface area contributed by atoms with Crippen LogP contribution in [0.15, 0.2) is 18.2 Å². The molecule has 1 amide bonds. The van der Waals surface area contributed by atoms with E-state index in [4.69, 9.17) is 27.9 Å². The van der Waals surface area contributed by atoms with Gasteiger partial charge >= 0.3 is 0 Å². The van der Waals surface area contributed by atoms with Gasteiger partial charge in [0.25, 0.3) is 0 Å². The summed E-state index contributed by atoms with van der Waals surface area (Å²) in [5.41, 5.74) is 3.11. The highest BCUT2D eigenvalue weighted by Gasteiger charge is 2.24. The predicted octanol–water partition coefficient (Wildman–Crippen LogP) is 5.33. The monoisotopic (exact) mass is 512 g/mol. The minimum absolute atomic E-state index is 0.0223. The van der Waals surface area contributed by atoms with Gasteiger partial charge in [-0.25, -0.2) is 0 Å². The second kappa shape index (κ2) is 14.3. The van der Waals surface area contributed by atoms with Gasteiger partial charge in [0.1, 0.15) is 5.88 Å². The van der Waals surface area contributed by atoms with Gasteiger partial charge in [-0.15, -0.1) is 11.6 Å². The van der Waals surface area contributed by atoms with Gasteiger partial charge in [0.2, 0.25) is 23.1 Å². The molecular formula is C24H38Cl2N6O2. The average molecular weight is 514 g/mol. The number of hydrogen-bond acceptors (Lipinski definition) is 7. The molecule has 190 valence electrons. The Kier molecular flexibility index (Phi) is 12.6. The van der Waals surface area contributed by atoms with Crippen LogP contribution in [-0.2, 0) is 16.0 Å². The van der Waals surface area contributed by atoms with Crippen molar-refractivity contribution in [2.24, 2.45) is 0 Å². The fourth-order valence-electron chi connectivity index (χ4n) is 3.30. The number of hydrogen-bond donors (Lipinski definition) is 2. The average Bonchev–Trinajstić information content (AvgIpc) is 2.74. The van der Waals surface area contributed by atoms with Gasteiger partial charge in [-0.05, 0) is 70.7 Å². The fourth-order valence-corrected chi connectivity index (χ4v) is 3.59. The van der Waals surface area contributed by atoms with Crippen LogP contribution in [0.4, 0.5) is 17.6 Å². The second-order valence-corrected chi connectivity index (χ2v) is 9.40. The Bertz CT molecular complexity index is 921. The molecule has 0 bridgehead atoms. The van der Waals surface area contributed by atoms with E-state index in [2.05, 4.69) is 38.6 Å². The van der Waals surface area contributed by atoms with E-state index >= 15 is 0 Å². The van der Waals surface area contributed by atoms with E-state index in [-0.39, 0.29) is 28.7 Å². The van der Waals surface area contributed by atoms with Gasteiger partial charge in [-0.3, -0.25) is 4.79 Å². The van der Waals surface area contributed by atoms with E-state index in [1.54, 1.807) is 12.0 Å². The van der Waals surface area contributed by atoms with Crippen molar-refractivity contribution < 1.29 is 9.53 Å². The van der Waals surface area contributed by atoms with Crippen LogP contribution in [-0.4, -0.2) is 58.6 Å². The molecule has 2 rings (SSSR count). The number of carbonyl (C=O) groups excluding carboxylic acids is 1. The molecule has 0 aliphatic rings. The molecule has 0 aliphatic heterocycles. The Morgan fingerprint density at radius 3 is 2.35 bits per heavy atom. The van der Waals surface area contributed by atoms with Crippen LogP contribution in [0.3, 0.4) is 0 Å². The van der Waals surface area contributed by atoms with Crippen molar-refractivity contribution in [2.45, 2.75) is 66.5 Å². The number of aromatic nitrogens is 3. The number of carbonyl (C=O) groups is 1. The van der Waals surface area contributed by atoms with Crippen molar-refractivity contribution in [3.8, 4) is 0 Å². The summed E-state index contributed by atoms with van der Waals surface area (Å²) in [6.07, 6.45) is 0.878. The second-order valence-electron chi connectivity index (χ2n) is 8.79. The topological polar surface area (TPSA) is 92.3 Å². The number of nitrogens with zero attached hydrogens (tertiary/aromatic N) is 4. The molecule has 1 unspecified atom stereocenters. The first-order chi connectivity index (χ1) is 16.0. The number of anilines is 3. The summed E-state index contributed by atoms with van der Waals surface area (Å²) in [6, 6.07) is 6.05. The molecular weight excluding hydrogens is 475 g/mol. The number of benzene rings is 1. The van der Waals surface area contributed by atoms with E-state index in [1.165, 1.54) is 0 Å². The van der Waals surface area contributed by atoms with E-state index in [1.807, 2.05) is 53.7 Å². The number of halogens is 2. The van der Waals surface area contributed by atoms with Crippen molar-refractivity contribution in [3.05, 3.63) is 34.6 Å². The van der Waals surface area contributed by atoms with Gasteiger partial charge in [0, 0.05) is 19.2 Å². The van der Waals surface area contributed by atoms with Crippen LogP contribution in [0.1, 0.15) is 52.7 Å². The van der Waals surface area contributed by atoms with Crippen molar-refractivity contribution >= 4 is 46.7 Å². The molecule has 0 spiro atoms. The lowest BCUT2D eigenvalue weighted by molar-refractivity contribution is -0.116. The molecule has 0 fully saturated rings. The summed E-state index contributed by atoms with van der Waals surface area (Å²) < 4.78 is 5.18. The highest BCUT2D eigenvalue weighted by atomic mass is 35.5. The number of nitrogens with one attached hydrogen (secondary N) is 2. The standard InChI is InChI=1S/C15H22ClNO2.C9H16ClN5/c1-5-13-8-6-7-11(2)15(13)17(14(18)9-16)12(3)10-19-4;1-5-11-7-12-6(10)13-8(14-7)15-9(2,3)4/h6-8,12H,5,9-10H2,1-4H3;5H2,1-4H3,(H2,11,12,13,14,15). The Hall–Kier alpha value is -2.16. The Balaban J connectivity index is 0.000000350.